The van der Waals surface area contributed by atoms with E-state index in [0.717, 1.165) is 12.5 Å². The van der Waals surface area contributed by atoms with Crippen LogP contribution in [0.25, 0.3) is 0 Å². The Morgan fingerprint density at radius 2 is 1.79 bits per heavy atom. The second-order valence-corrected chi connectivity index (χ2v) is 8.80. The van der Waals surface area contributed by atoms with E-state index in [1.807, 2.05) is 0 Å². The van der Waals surface area contributed by atoms with Gasteiger partial charge in [0.15, 0.2) is 0 Å². The molecule has 6 nitrogen and oxygen atoms in total. The van der Waals surface area contributed by atoms with Gasteiger partial charge in [-0.05, 0) is 63.3 Å². The molecule has 0 N–H and O–H groups in total. The molecule has 2 unspecified atom stereocenters. The van der Waals surface area contributed by atoms with Crippen LogP contribution >= 0.6 is 0 Å². The molecule has 2 fully saturated rings. The van der Waals surface area contributed by atoms with Gasteiger partial charge in [0.05, 0.1) is 17.2 Å². The highest BCUT2D eigenvalue weighted by molar-refractivity contribution is 6.21. The Bertz CT molecular complexity index is 843. The summed E-state index contributed by atoms with van der Waals surface area (Å²) in [6.07, 6.45) is 8.58. The number of benzene rings is 1. The summed E-state index contributed by atoms with van der Waals surface area (Å²) >= 11 is 0. The van der Waals surface area contributed by atoms with Crippen LogP contribution in [-0.4, -0.2) is 45.8 Å². The Labute approximate surface area is 164 Å². The van der Waals surface area contributed by atoms with Gasteiger partial charge in [-0.25, -0.2) is 0 Å². The Morgan fingerprint density at radius 1 is 1.11 bits per heavy atom. The van der Waals surface area contributed by atoms with Crippen molar-refractivity contribution in [1.82, 2.24) is 9.80 Å². The van der Waals surface area contributed by atoms with Crippen LogP contribution in [0.4, 0.5) is 0 Å². The quantitative estimate of drug-likeness (QED) is 0.592. The predicted molar refractivity (Wildman–Crippen MR) is 105 cm³/mol. The van der Waals surface area contributed by atoms with Crippen molar-refractivity contribution in [2.45, 2.75) is 56.7 Å². The number of hydrogen-bond donors (Lipinski definition) is 0. The van der Waals surface area contributed by atoms with Crippen molar-refractivity contribution in [2.24, 2.45) is 17.0 Å². The maximum Gasteiger partial charge on any atom is 0.261 e. The molecule has 0 bridgehead atoms. The average Bonchev–Trinajstić information content (AvgIpc) is 3.50. The Balaban J connectivity index is 1.40. The topological polar surface area (TPSA) is 70.1 Å². The van der Waals surface area contributed by atoms with Crippen LogP contribution in [0.5, 0.6) is 0 Å². The van der Waals surface area contributed by atoms with Gasteiger partial charge in [0.25, 0.3) is 11.8 Å². The molecule has 0 radical (unpaired) electrons. The monoisotopic (exact) mass is 379 g/mol. The molecule has 28 heavy (non-hydrogen) atoms. The average molecular weight is 379 g/mol. The normalized spacial score (nSPS) is 34.4. The first-order valence-electron chi connectivity index (χ1n) is 10.3. The zero-order valence-corrected chi connectivity index (χ0v) is 16.1. The molecular weight excluding hydrogens is 354 g/mol. The summed E-state index contributed by atoms with van der Waals surface area (Å²) in [5.74, 6) is 0.279. The van der Waals surface area contributed by atoms with E-state index in [1.54, 1.807) is 24.3 Å². The van der Waals surface area contributed by atoms with Gasteiger partial charge in [0.1, 0.15) is 5.54 Å². The standard InChI is InChI=1S/C22H25N3O3/c1-14-22(23-28)10-8-17(12-16(22)9-11-24(14)13-15-6-7-15)25-20(26)18-4-2-3-5-19(18)21(25)27/h2-5,9,11,14-17H,6-8,10,12-13H2,1H3/t14-,16?,17-,22?/m1/s1. The lowest BCUT2D eigenvalue weighted by Crippen LogP contribution is -2.59. The van der Waals surface area contributed by atoms with Gasteiger partial charge in [0, 0.05) is 18.5 Å². The molecular formula is C22H25N3O3. The molecule has 4 atom stereocenters. The lowest BCUT2D eigenvalue weighted by atomic mass is 9.66. The highest BCUT2D eigenvalue weighted by Crippen LogP contribution is 2.47. The Morgan fingerprint density at radius 3 is 2.39 bits per heavy atom. The van der Waals surface area contributed by atoms with Crippen molar-refractivity contribution >= 4 is 11.8 Å². The van der Waals surface area contributed by atoms with E-state index in [4.69, 9.17) is 0 Å². The fraction of sp³-hybridized carbons (Fsp3) is 0.545. The number of rotatable bonds is 4. The first-order chi connectivity index (χ1) is 13.5. The van der Waals surface area contributed by atoms with E-state index in [9.17, 15) is 14.5 Å². The van der Waals surface area contributed by atoms with Gasteiger partial charge in [-0.3, -0.25) is 14.5 Å². The summed E-state index contributed by atoms with van der Waals surface area (Å²) in [5, 5.41) is 3.67. The van der Waals surface area contributed by atoms with Gasteiger partial charge in [-0.2, -0.15) is 4.91 Å². The van der Waals surface area contributed by atoms with E-state index < -0.39 is 5.54 Å². The highest BCUT2D eigenvalue weighted by atomic mass is 16.3. The van der Waals surface area contributed by atoms with E-state index in [0.29, 0.717) is 30.4 Å². The summed E-state index contributed by atoms with van der Waals surface area (Å²) in [6, 6.07) is 6.87. The Kier molecular flexibility index (Phi) is 3.93. The number of imide groups is 1. The van der Waals surface area contributed by atoms with E-state index in [2.05, 4.69) is 29.3 Å². The first kappa shape index (κ1) is 17.6. The predicted octanol–water partition coefficient (Wildman–Crippen LogP) is 3.58. The minimum absolute atomic E-state index is 0.0430. The second kappa shape index (κ2) is 6.26. The summed E-state index contributed by atoms with van der Waals surface area (Å²) in [6.45, 7) is 3.09. The molecule has 0 spiro atoms. The molecule has 5 rings (SSSR count). The molecule has 2 saturated carbocycles. The molecule has 2 aliphatic heterocycles. The molecule has 2 heterocycles. The smallest absolute Gasteiger partial charge is 0.261 e. The third-order valence-electron chi connectivity index (χ3n) is 7.30. The largest absolute Gasteiger partial charge is 0.372 e. The second-order valence-electron chi connectivity index (χ2n) is 8.80. The zero-order chi connectivity index (χ0) is 19.5. The fourth-order valence-electron chi connectivity index (χ4n) is 5.37. The SMILES string of the molecule is C[C@H]1N(CC2CC2)C=CC2C[C@H](N3C(=O)c4ccccc4C3=O)CCC21N=O. The molecule has 1 aromatic carbocycles. The van der Waals surface area contributed by atoms with Crippen LogP contribution in [0.2, 0.25) is 0 Å². The fourth-order valence-corrected chi connectivity index (χ4v) is 5.37. The maximum atomic E-state index is 12.9. The first-order valence-corrected chi connectivity index (χ1v) is 10.3. The lowest BCUT2D eigenvalue weighted by Gasteiger charge is -2.51. The number of amides is 2. The van der Waals surface area contributed by atoms with Crippen molar-refractivity contribution in [3.8, 4) is 0 Å². The van der Waals surface area contributed by atoms with Gasteiger partial charge in [-0.1, -0.05) is 23.4 Å². The summed E-state index contributed by atoms with van der Waals surface area (Å²) in [4.78, 5) is 41.5. The van der Waals surface area contributed by atoms with Crippen LogP contribution in [-0.2, 0) is 0 Å². The summed E-state index contributed by atoms with van der Waals surface area (Å²) in [5.41, 5.74) is 0.306. The van der Waals surface area contributed by atoms with Crippen molar-refractivity contribution in [3.63, 3.8) is 0 Å². The molecule has 1 aromatic rings. The van der Waals surface area contributed by atoms with E-state index in [1.165, 1.54) is 17.7 Å². The number of carbonyl (C=O) groups is 2. The number of nitroso groups, excluding NO2 is 1. The van der Waals surface area contributed by atoms with Crippen LogP contribution < -0.4 is 0 Å². The molecule has 2 amide bonds. The number of nitrogens with zero attached hydrogens (tertiary/aromatic N) is 3. The molecule has 4 aliphatic rings. The third kappa shape index (κ3) is 2.46. The van der Waals surface area contributed by atoms with Crippen molar-refractivity contribution in [2.75, 3.05) is 6.54 Å². The lowest BCUT2D eigenvalue weighted by molar-refractivity contribution is 0.0342. The number of carbonyl (C=O) groups excluding carboxylic acids is 2. The molecule has 0 saturated heterocycles. The minimum atomic E-state index is -0.668. The number of hydrogen-bond acceptors (Lipinski definition) is 5. The summed E-state index contributed by atoms with van der Waals surface area (Å²) < 4.78 is 0. The summed E-state index contributed by atoms with van der Waals surface area (Å²) in [7, 11) is 0. The van der Waals surface area contributed by atoms with Crippen LogP contribution in [0, 0.1) is 16.7 Å². The van der Waals surface area contributed by atoms with Gasteiger partial charge in [-0.15, -0.1) is 0 Å². The van der Waals surface area contributed by atoms with Crippen molar-refractivity contribution in [1.29, 1.82) is 0 Å². The number of fused-ring (bicyclic) bond motifs is 2. The van der Waals surface area contributed by atoms with Gasteiger partial charge in [0.2, 0.25) is 0 Å². The zero-order valence-electron chi connectivity index (χ0n) is 16.1. The Hall–Kier alpha value is -2.50. The van der Waals surface area contributed by atoms with Crippen LogP contribution in [0.15, 0.2) is 41.7 Å². The minimum Gasteiger partial charge on any atom is -0.372 e. The molecule has 2 aliphatic carbocycles. The van der Waals surface area contributed by atoms with Crippen LogP contribution in [0.1, 0.15) is 59.7 Å². The van der Waals surface area contributed by atoms with Crippen molar-refractivity contribution in [3.05, 3.63) is 52.6 Å². The maximum absolute atomic E-state index is 12.9. The molecule has 6 heteroatoms. The molecule has 0 aromatic heterocycles. The third-order valence-corrected chi connectivity index (χ3v) is 7.30. The van der Waals surface area contributed by atoms with Crippen LogP contribution in [0.3, 0.4) is 0 Å². The van der Waals surface area contributed by atoms with Gasteiger partial charge < -0.3 is 4.90 Å². The van der Waals surface area contributed by atoms with Gasteiger partial charge >= 0.3 is 0 Å². The van der Waals surface area contributed by atoms with Crippen molar-refractivity contribution < 1.29 is 9.59 Å². The highest BCUT2D eigenvalue weighted by Gasteiger charge is 2.54. The van der Waals surface area contributed by atoms with E-state index in [-0.39, 0.29) is 29.8 Å². The van der Waals surface area contributed by atoms with E-state index >= 15 is 0 Å². The molecule has 146 valence electrons.